The summed E-state index contributed by atoms with van der Waals surface area (Å²) >= 11 is 0. The molecule has 2 rings (SSSR count). The summed E-state index contributed by atoms with van der Waals surface area (Å²) in [6, 6.07) is 4.07. The molecular formula is C10H7F2NO. The number of phenolic OH excluding ortho intramolecular Hbond substituents is 1. The maximum atomic E-state index is 12.9. The van der Waals surface area contributed by atoms with Crippen LogP contribution in [0.2, 0.25) is 0 Å². The van der Waals surface area contributed by atoms with Crippen molar-refractivity contribution in [2.75, 3.05) is 0 Å². The molecule has 1 N–H and O–H groups in total. The number of hydrogen-bond acceptors (Lipinski definition) is 2. The van der Waals surface area contributed by atoms with E-state index in [0.717, 1.165) is 12.1 Å². The predicted molar refractivity (Wildman–Crippen MR) is 44.5 cm³/mol. The van der Waals surface area contributed by atoms with Crippen molar-refractivity contribution in [2.24, 2.45) is 0 Å². The van der Waals surface area contributed by atoms with Crippen molar-refractivity contribution in [3.8, 4) is 11.8 Å². The molecule has 0 heterocycles. The number of benzene rings is 1. The lowest BCUT2D eigenvalue weighted by Crippen LogP contribution is -2.04. The van der Waals surface area contributed by atoms with Crippen molar-refractivity contribution >= 4 is 0 Å². The third-order valence-electron chi connectivity index (χ3n) is 2.53. The van der Waals surface area contributed by atoms with Crippen LogP contribution < -0.4 is 0 Å². The fraction of sp³-hybridized carbons (Fsp3) is 0.300. The van der Waals surface area contributed by atoms with E-state index in [9.17, 15) is 8.78 Å². The first-order valence-corrected chi connectivity index (χ1v) is 4.19. The molecule has 14 heavy (non-hydrogen) atoms. The molecule has 0 bridgehead atoms. The fourth-order valence-electron chi connectivity index (χ4n) is 1.43. The van der Waals surface area contributed by atoms with E-state index in [0.29, 0.717) is 18.4 Å². The van der Waals surface area contributed by atoms with Crippen LogP contribution in [0.3, 0.4) is 0 Å². The Kier molecular flexibility index (Phi) is 1.71. The number of aromatic hydroxyl groups is 1. The van der Waals surface area contributed by atoms with Crippen molar-refractivity contribution < 1.29 is 13.9 Å². The van der Waals surface area contributed by atoms with Gasteiger partial charge in [-0.15, -0.1) is 0 Å². The number of phenols is 1. The highest BCUT2D eigenvalue weighted by atomic mass is 19.1. The smallest absolute Gasteiger partial charge is 0.187 e. The van der Waals surface area contributed by atoms with Gasteiger partial charge in [0.25, 0.3) is 0 Å². The third-order valence-corrected chi connectivity index (χ3v) is 2.53. The molecule has 4 heteroatoms. The first-order valence-electron chi connectivity index (χ1n) is 4.19. The number of nitrogens with zero attached hydrogens (tertiary/aromatic N) is 1. The molecule has 1 aliphatic rings. The fourth-order valence-corrected chi connectivity index (χ4v) is 1.43. The molecule has 0 aliphatic heterocycles. The van der Waals surface area contributed by atoms with Gasteiger partial charge in [-0.25, -0.2) is 8.78 Å². The zero-order chi connectivity index (χ0) is 10.3. The summed E-state index contributed by atoms with van der Waals surface area (Å²) in [5.41, 5.74) is -0.414. The third kappa shape index (κ3) is 1.13. The maximum Gasteiger partial charge on any atom is 0.187 e. The Labute approximate surface area is 79.4 Å². The van der Waals surface area contributed by atoms with Gasteiger partial charge in [0.2, 0.25) is 0 Å². The Morgan fingerprint density at radius 1 is 1.29 bits per heavy atom. The number of halogens is 2. The van der Waals surface area contributed by atoms with E-state index in [1.54, 1.807) is 0 Å². The molecule has 0 radical (unpaired) electrons. The van der Waals surface area contributed by atoms with E-state index in [2.05, 4.69) is 0 Å². The summed E-state index contributed by atoms with van der Waals surface area (Å²) in [6.45, 7) is 0. The van der Waals surface area contributed by atoms with Gasteiger partial charge in [-0.1, -0.05) is 0 Å². The SMILES string of the molecule is N#CC1(c2cc(F)c(O)c(F)c2)CC1. The van der Waals surface area contributed by atoms with Crippen molar-refractivity contribution in [1.29, 1.82) is 5.26 Å². The minimum absolute atomic E-state index is 0.313. The predicted octanol–water partition coefficient (Wildman–Crippen LogP) is 2.23. The van der Waals surface area contributed by atoms with Crippen LogP contribution in [0.1, 0.15) is 18.4 Å². The zero-order valence-corrected chi connectivity index (χ0v) is 7.22. The van der Waals surface area contributed by atoms with E-state index in [-0.39, 0.29) is 0 Å². The van der Waals surface area contributed by atoms with Gasteiger partial charge in [-0.05, 0) is 30.5 Å². The van der Waals surface area contributed by atoms with Crippen LogP contribution in [-0.2, 0) is 5.41 Å². The highest BCUT2D eigenvalue weighted by Crippen LogP contribution is 2.48. The summed E-state index contributed by atoms with van der Waals surface area (Å²) < 4.78 is 25.9. The van der Waals surface area contributed by atoms with E-state index in [1.807, 2.05) is 6.07 Å². The zero-order valence-electron chi connectivity index (χ0n) is 7.22. The Bertz CT molecular complexity index is 409. The van der Waals surface area contributed by atoms with E-state index < -0.39 is 22.8 Å². The highest BCUT2D eigenvalue weighted by molar-refractivity contribution is 5.42. The Morgan fingerprint density at radius 3 is 2.14 bits per heavy atom. The van der Waals surface area contributed by atoms with Crippen molar-refractivity contribution in [2.45, 2.75) is 18.3 Å². The van der Waals surface area contributed by atoms with E-state index in [4.69, 9.17) is 10.4 Å². The number of hydrogen-bond donors (Lipinski definition) is 1. The number of nitriles is 1. The first-order chi connectivity index (χ1) is 6.59. The first kappa shape index (κ1) is 8.95. The molecule has 1 aromatic rings. The largest absolute Gasteiger partial charge is 0.503 e. The summed E-state index contributed by atoms with van der Waals surface area (Å²) in [5, 5.41) is 17.7. The summed E-state index contributed by atoms with van der Waals surface area (Å²) in [4.78, 5) is 0. The topological polar surface area (TPSA) is 44.0 Å². The lowest BCUT2D eigenvalue weighted by Gasteiger charge is -2.07. The van der Waals surface area contributed by atoms with E-state index in [1.165, 1.54) is 0 Å². The molecule has 1 saturated carbocycles. The molecule has 0 saturated heterocycles. The normalized spacial score (nSPS) is 17.5. The second kappa shape index (κ2) is 2.68. The molecular weight excluding hydrogens is 188 g/mol. The average Bonchev–Trinajstić information content (AvgIpc) is 2.94. The minimum Gasteiger partial charge on any atom is -0.503 e. The Morgan fingerprint density at radius 2 is 1.79 bits per heavy atom. The highest BCUT2D eigenvalue weighted by Gasteiger charge is 2.45. The van der Waals surface area contributed by atoms with Gasteiger partial charge in [0.15, 0.2) is 17.4 Å². The van der Waals surface area contributed by atoms with Crippen LogP contribution >= 0.6 is 0 Å². The van der Waals surface area contributed by atoms with Gasteiger partial charge in [-0.2, -0.15) is 5.26 Å². The van der Waals surface area contributed by atoms with Gasteiger partial charge in [-0.3, -0.25) is 0 Å². The minimum atomic E-state index is -1.01. The second-order valence-electron chi connectivity index (χ2n) is 3.48. The van der Waals surface area contributed by atoms with Crippen LogP contribution in [0, 0.1) is 23.0 Å². The molecule has 0 atom stereocenters. The molecule has 1 aliphatic carbocycles. The van der Waals surface area contributed by atoms with Gasteiger partial charge in [0, 0.05) is 0 Å². The van der Waals surface area contributed by atoms with Gasteiger partial charge < -0.3 is 5.11 Å². The average molecular weight is 195 g/mol. The van der Waals surface area contributed by atoms with Crippen LogP contribution in [0.25, 0.3) is 0 Å². The summed E-state index contributed by atoms with van der Waals surface area (Å²) in [6.07, 6.45) is 1.24. The molecule has 0 spiro atoms. The molecule has 2 nitrogen and oxygen atoms in total. The summed E-state index contributed by atoms with van der Waals surface area (Å²) in [7, 11) is 0. The Balaban J connectivity index is 2.53. The number of rotatable bonds is 1. The standard InChI is InChI=1S/C10H7F2NO/c11-7-3-6(4-8(12)9(7)14)10(5-13)1-2-10/h3-4,14H,1-2H2. The molecule has 1 fully saturated rings. The summed E-state index contributed by atoms with van der Waals surface area (Å²) in [5.74, 6) is -3.01. The Hall–Kier alpha value is -1.63. The molecule has 1 aromatic carbocycles. The van der Waals surface area contributed by atoms with Crippen LogP contribution in [0.5, 0.6) is 5.75 Å². The van der Waals surface area contributed by atoms with Crippen LogP contribution in [0.4, 0.5) is 8.78 Å². The van der Waals surface area contributed by atoms with Crippen molar-refractivity contribution in [1.82, 2.24) is 0 Å². The monoisotopic (exact) mass is 195 g/mol. The lowest BCUT2D eigenvalue weighted by molar-refractivity contribution is 0.395. The molecule has 0 unspecified atom stereocenters. The molecule has 0 amide bonds. The lowest BCUT2D eigenvalue weighted by atomic mass is 9.97. The quantitative estimate of drug-likeness (QED) is 0.746. The van der Waals surface area contributed by atoms with E-state index >= 15 is 0 Å². The second-order valence-corrected chi connectivity index (χ2v) is 3.48. The van der Waals surface area contributed by atoms with Crippen LogP contribution in [0.15, 0.2) is 12.1 Å². The van der Waals surface area contributed by atoms with Gasteiger partial charge >= 0.3 is 0 Å². The van der Waals surface area contributed by atoms with Crippen LogP contribution in [-0.4, -0.2) is 5.11 Å². The molecule has 0 aromatic heterocycles. The molecule has 72 valence electrons. The van der Waals surface area contributed by atoms with Gasteiger partial charge in [0.05, 0.1) is 11.5 Å². The maximum absolute atomic E-state index is 12.9. The van der Waals surface area contributed by atoms with Gasteiger partial charge in [0.1, 0.15) is 0 Å². The van der Waals surface area contributed by atoms with Crippen molar-refractivity contribution in [3.05, 3.63) is 29.3 Å². The van der Waals surface area contributed by atoms with Crippen molar-refractivity contribution in [3.63, 3.8) is 0 Å².